The molecular formula is C18H19N3O. The first-order valence-electron chi connectivity index (χ1n) is 7.61. The molecule has 22 heavy (non-hydrogen) atoms. The highest BCUT2D eigenvalue weighted by atomic mass is 16.2. The summed E-state index contributed by atoms with van der Waals surface area (Å²) in [5.74, 6) is 0.383. The van der Waals surface area contributed by atoms with Crippen LogP contribution in [-0.4, -0.2) is 33.9 Å². The van der Waals surface area contributed by atoms with Gasteiger partial charge in [-0.05, 0) is 30.5 Å². The molecule has 1 atom stereocenters. The van der Waals surface area contributed by atoms with Gasteiger partial charge in [0.1, 0.15) is 6.33 Å². The van der Waals surface area contributed by atoms with E-state index in [0.717, 1.165) is 37.2 Å². The van der Waals surface area contributed by atoms with Crippen molar-refractivity contribution in [2.75, 3.05) is 13.1 Å². The Morgan fingerprint density at radius 1 is 1.23 bits per heavy atom. The van der Waals surface area contributed by atoms with Gasteiger partial charge in [-0.2, -0.15) is 0 Å². The molecule has 0 spiro atoms. The SMILES string of the molecule is O=C(/C=C/c1ccccc1)N1CCC[C@H](c2ccncn2)C1. The minimum atomic E-state index is 0.0719. The van der Waals surface area contributed by atoms with Crippen LogP contribution in [0.2, 0.25) is 0 Å². The second-order valence-corrected chi connectivity index (χ2v) is 5.50. The summed E-state index contributed by atoms with van der Waals surface area (Å²) < 4.78 is 0. The molecule has 0 bridgehead atoms. The Balaban J connectivity index is 1.64. The van der Waals surface area contributed by atoms with Crippen LogP contribution < -0.4 is 0 Å². The van der Waals surface area contributed by atoms with E-state index in [1.165, 1.54) is 0 Å². The van der Waals surface area contributed by atoms with Crippen molar-refractivity contribution in [3.63, 3.8) is 0 Å². The fraction of sp³-hybridized carbons (Fsp3) is 0.278. The molecule has 0 radical (unpaired) electrons. The van der Waals surface area contributed by atoms with Crippen molar-refractivity contribution in [1.82, 2.24) is 14.9 Å². The van der Waals surface area contributed by atoms with Gasteiger partial charge in [0.05, 0.1) is 0 Å². The van der Waals surface area contributed by atoms with E-state index in [1.807, 2.05) is 47.4 Å². The molecule has 3 rings (SSSR count). The van der Waals surface area contributed by atoms with Crippen molar-refractivity contribution in [3.8, 4) is 0 Å². The molecule has 1 aromatic carbocycles. The Labute approximate surface area is 130 Å². The third-order valence-electron chi connectivity index (χ3n) is 3.97. The Hall–Kier alpha value is -2.49. The number of carbonyl (C=O) groups is 1. The monoisotopic (exact) mass is 293 g/mol. The summed E-state index contributed by atoms with van der Waals surface area (Å²) in [5, 5.41) is 0. The highest BCUT2D eigenvalue weighted by Gasteiger charge is 2.24. The van der Waals surface area contributed by atoms with Crippen molar-refractivity contribution < 1.29 is 4.79 Å². The van der Waals surface area contributed by atoms with E-state index >= 15 is 0 Å². The molecule has 2 heterocycles. The third kappa shape index (κ3) is 3.58. The molecule has 4 heteroatoms. The minimum Gasteiger partial charge on any atom is -0.338 e. The van der Waals surface area contributed by atoms with Gasteiger partial charge in [-0.1, -0.05) is 30.3 Å². The Kier molecular flexibility index (Phi) is 4.59. The van der Waals surface area contributed by atoms with Gasteiger partial charge in [-0.15, -0.1) is 0 Å². The largest absolute Gasteiger partial charge is 0.338 e. The Bertz CT molecular complexity index is 640. The maximum atomic E-state index is 12.4. The summed E-state index contributed by atoms with van der Waals surface area (Å²) in [7, 11) is 0. The molecule has 1 fully saturated rings. The lowest BCUT2D eigenvalue weighted by Gasteiger charge is -2.31. The quantitative estimate of drug-likeness (QED) is 0.817. The first-order valence-corrected chi connectivity index (χ1v) is 7.61. The number of benzene rings is 1. The lowest BCUT2D eigenvalue weighted by molar-refractivity contribution is -0.127. The summed E-state index contributed by atoms with van der Waals surface area (Å²) in [5.41, 5.74) is 2.07. The number of carbonyl (C=O) groups excluding carboxylic acids is 1. The smallest absolute Gasteiger partial charge is 0.246 e. The van der Waals surface area contributed by atoms with Crippen LogP contribution in [0.5, 0.6) is 0 Å². The van der Waals surface area contributed by atoms with Crippen LogP contribution in [0.25, 0.3) is 6.08 Å². The zero-order chi connectivity index (χ0) is 15.2. The van der Waals surface area contributed by atoms with Crippen LogP contribution in [0, 0.1) is 0 Å². The van der Waals surface area contributed by atoms with Gasteiger partial charge in [0.2, 0.25) is 5.91 Å². The van der Waals surface area contributed by atoms with Crippen molar-refractivity contribution in [2.45, 2.75) is 18.8 Å². The van der Waals surface area contributed by atoms with Crippen LogP contribution in [0.3, 0.4) is 0 Å². The number of amides is 1. The van der Waals surface area contributed by atoms with Crippen LogP contribution in [-0.2, 0) is 4.79 Å². The number of piperidine rings is 1. The van der Waals surface area contributed by atoms with Crippen molar-refractivity contribution >= 4 is 12.0 Å². The first kappa shape index (κ1) is 14.4. The predicted molar refractivity (Wildman–Crippen MR) is 86.1 cm³/mol. The Morgan fingerprint density at radius 2 is 2.09 bits per heavy atom. The number of nitrogens with zero attached hydrogens (tertiary/aromatic N) is 3. The molecule has 0 aliphatic carbocycles. The lowest BCUT2D eigenvalue weighted by Crippen LogP contribution is -2.38. The molecule has 2 aromatic rings. The fourth-order valence-corrected chi connectivity index (χ4v) is 2.80. The average molecular weight is 293 g/mol. The van der Waals surface area contributed by atoms with Crippen LogP contribution in [0.4, 0.5) is 0 Å². The number of hydrogen-bond donors (Lipinski definition) is 0. The van der Waals surface area contributed by atoms with E-state index in [4.69, 9.17) is 0 Å². The zero-order valence-electron chi connectivity index (χ0n) is 12.4. The van der Waals surface area contributed by atoms with Gasteiger partial charge in [0.15, 0.2) is 0 Å². The molecule has 112 valence electrons. The van der Waals surface area contributed by atoms with E-state index in [-0.39, 0.29) is 5.91 Å². The average Bonchev–Trinajstić information content (AvgIpc) is 2.61. The Morgan fingerprint density at radius 3 is 2.86 bits per heavy atom. The zero-order valence-corrected chi connectivity index (χ0v) is 12.4. The number of hydrogen-bond acceptors (Lipinski definition) is 3. The fourth-order valence-electron chi connectivity index (χ4n) is 2.80. The molecule has 1 aliphatic rings. The highest BCUT2D eigenvalue weighted by molar-refractivity contribution is 5.91. The molecule has 1 amide bonds. The highest BCUT2D eigenvalue weighted by Crippen LogP contribution is 2.25. The van der Waals surface area contributed by atoms with E-state index in [0.29, 0.717) is 5.92 Å². The summed E-state index contributed by atoms with van der Waals surface area (Å²) in [6.07, 6.45) is 8.96. The van der Waals surface area contributed by atoms with Gasteiger partial charge in [-0.25, -0.2) is 9.97 Å². The maximum Gasteiger partial charge on any atom is 0.246 e. The van der Waals surface area contributed by atoms with E-state index < -0.39 is 0 Å². The molecule has 1 saturated heterocycles. The standard InChI is InChI=1S/C18H19N3O/c22-18(9-8-15-5-2-1-3-6-15)21-12-4-7-16(13-21)17-10-11-19-14-20-17/h1-3,5-6,8-11,14,16H,4,7,12-13H2/b9-8+/t16-/m0/s1. The van der Waals surface area contributed by atoms with Gasteiger partial charge in [0.25, 0.3) is 0 Å². The molecule has 0 saturated carbocycles. The summed E-state index contributed by atoms with van der Waals surface area (Å²) in [4.78, 5) is 22.5. The maximum absolute atomic E-state index is 12.4. The molecule has 4 nitrogen and oxygen atoms in total. The topological polar surface area (TPSA) is 46.1 Å². The summed E-state index contributed by atoms with van der Waals surface area (Å²) >= 11 is 0. The number of aromatic nitrogens is 2. The van der Waals surface area contributed by atoms with Crippen LogP contribution in [0.1, 0.15) is 30.0 Å². The minimum absolute atomic E-state index is 0.0719. The van der Waals surface area contributed by atoms with Crippen LogP contribution in [0.15, 0.2) is 55.0 Å². The van der Waals surface area contributed by atoms with Gasteiger partial charge in [0, 0.05) is 37.0 Å². The second kappa shape index (κ2) is 6.98. The van der Waals surface area contributed by atoms with Crippen LogP contribution >= 0.6 is 0 Å². The van der Waals surface area contributed by atoms with E-state index in [9.17, 15) is 4.79 Å². The molecule has 0 unspecified atom stereocenters. The van der Waals surface area contributed by atoms with Crippen molar-refractivity contribution in [3.05, 3.63) is 66.3 Å². The molecule has 1 aromatic heterocycles. The molecule has 1 aliphatic heterocycles. The lowest BCUT2D eigenvalue weighted by atomic mass is 9.94. The molecule has 0 N–H and O–H groups in total. The van der Waals surface area contributed by atoms with Crippen molar-refractivity contribution in [2.24, 2.45) is 0 Å². The summed E-state index contributed by atoms with van der Waals surface area (Å²) in [6, 6.07) is 11.8. The number of likely N-dealkylation sites (tertiary alicyclic amines) is 1. The first-order chi connectivity index (χ1) is 10.8. The van der Waals surface area contributed by atoms with Gasteiger partial charge in [-0.3, -0.25) is 4.79 Å². The summed E-state index contributed by atoms with van der Waals surface area (Å²) in [6.45, 7) is 1.55. The van der Waals surface area contributed by atoms with E-state index in [1.54, 1.807) is 18.6 Å². The second-order valence-electron chi connectivity index (χ2n) is 5.50. The van der Waals surface area contributed by atoms with Gasteiger partial charge >= 0.3 is 0 Å². The predicted octanol–water partition coefficient (Wildman–Crippen LogP) is 2.90. The number of rotatable bonds is 3. The third-order valence-corrected chi connectivity index (χ3v) is 3.97. The normalized spacial score (nSPS) is 18.5. The van der Waals surface area contributed by atoms with Crippen molar-refractivity contribution in [1.29, 1.82) is 0 Å². The van der Waals surface area contributed by atoms with Gasteiger partial charge < -0.3 is 4.90 Å². The van der Waals surface area contributed by atoms with E-state index in [2.05, 4.69) is 9.97 Å². The molecular weight excluding hydrogens is 274 g/mol.